The molecule has 1 aromatic carbocycles. The Labute approximate surface area is 146 Å². The summed E-state index contributed by atoms with van der Waals surface area (Å²) in [6.07, 6.45) is 1.47. The van der Waals surface area contributed by atoms with Crippen molar-refractivity contribution in [3.8, 4) is 17.2 Å². The van der Waals surface area contributed by atoms with Crippen LogP contribution in [0.15, 0.2) is 23.3 Å². The van der Waals surface area contributed by atoms with Gasteiger partial charge in [0.15, 0.2) is 17.2 Å². The molecule has 0 fully saturated rings. The van der Waals surface area contributed by atoms with Crippen molar-refractivity contribution in [1.82, 2.24) is 15.6 Å². The van der Waals surface area contributed by atoms with Crippen LogP contribution in [0.25, 0.3) is 0 Å². The third kappa shape index (κ3) is 4.28. The summed E-state index contributed by atoms with van der Waals surface area (Å²) in [5.74, 6) is 1.47. The Bertz CT molecular complexity index is 768. The van der Waals surface area contributed by atoms with Crippen molar-refractivity contribution in [2.45, 2.75) is 19.8 Å². The molecule has 0 spiro atoms. The highest BCUT2D eigenvalue weighted by Gasteiger charge is 2.12. The Hall–Kier alpha value is -3.03. The predicted molar refractivity (Wildman–Crippen MR) is 93.8 cm³/mol. The van der Waals surface area contributed by atoms with Gasteiger partial charge in [-0.05, 0) is 18.1 Å². The van der Waals surface area contributed by atoms with Crippen molar-refractivity contribution in [3.05, 3.63) is 35.2 Å². The zero-order chi connectivity index (χ0) is 18.4. The van der Waals surface area contributed by atoms with Crippen LogP contribution in [-0.2, 0) is 0 Å². The van der Waals surface area contributed by atoms with Gasteiger partial charge in [0.1, 0.15) is 5.75 Å². The summed E-state index contributed by atoms with van der Waals surface area (Å²) < 4.78 is 15.8. The number of nitrogens with zero attached hydrogens (tertiary/aromatic N) is 2. The summed E-state index contributed by atoms with van der Waals surface area (Å²) in [5.41, 5.74) is 4.23. The third-order valence-corrected chi connectivity index (χ3v) is 3.56. The smallest absolute Gasteiger partial charge is 0.291 e. The van der Waals surface area contributed by atoms with E-state index in [9.17, 15) is 4.79 Å². The standard InChI is InChI=1S/C17H22N4O4/c1-10(2)12-7-13(20-19-12)17(22)21-18-9-11-6-15(24-4)16(25-5)8-14(11)23-3/h6-10H,1-5H3,(H,19,20)(H,21,22)/b18-9+. The largest absolute Gasteiger partial charge is 0.496 e. The average molecular weight is 346 g/mol. The maximum atomic E-state index is 12.1. The topological polar surface area (TPSA) is 97.8 Å². The van der Waals surface area contributed by atoms with E-state index in [2.05, 4.69) is 20.7 Å². The first-order valence-electron chi connectivity index (χ1n) is 7.68. The summed E-state index contributed by atoms with van der Waals surface area (Å²) in [4.78, 5) is 12.1. The number of aromatic amines is 1. The van der Waals surface area contributed by atoms with E-state index in [1.165, 1.54) is 20.4 Å². The molecule has 0 aliphatic carbocycles. The number of rotatable bonds is 7. The van der Waals surface area contributed by atoms with Crippen LogP contribution in [0.2, 0.25) is 0 Å². The molecule has 1 aromatic heterocycles. The quantitative estimate of drug-likeness (QED) is 0.592. The van der Waals surface area contributed by atoms with Crippen molar-refractivity contribution in [3.63, 3.8) is 0 Å². The number of H-pyrrole nitrogens is 1. The van der Waals surface area contributed by atoms with E-state index >= 15 is 0 Å². The molecule has 0 bridgehead atoms. The van der Waals surface area contributed by atoms with Gasteiger partial charge in [-0.25, -0.2) is 5.43 Å². The Morgan fingerprint density at radius 2 is 1.76 bits per heavy atom. The first-order chi connectivity index (χ1) is 12.0. The molecule has 0 saturated heterocycles. The van der Waals surface area contributed by atoms with Gasteiger partial charge in [-0.2, -0.15) is 10.2 Å². The first kappa shape index (κ1) is 18.3. The fourth-order valence-corrected chi connectivity index (χ4v) is 2.12. The number of benzene rings is 1. The molecule has 0 unspecified atom stereocenters. The lowest BCUT2D eigenvalue weighted by Crippen LogP contribution is -2.18. The second kappa shape index (κ2) is 8.18. The molecule has 8 heteroatoms. The molecule has 0 radical (unpaired) electrons. The molecule has 2 N–H and O–H groups in total. The highest BCUT2D eigenvalue weighted by molar-refractivity contribution is 5.93. The van der Waals surface area contributed by atoms with Gasteiger partial charge in [0.05, 0.1) is 27.5 Å². The lowest BCUT2D eigenvalue weighted by Gasteiger charge is -2.11. The van der Waals surface area contributed by atoms with E-state index in [0.29, 0.717) is 22.8 Å². The van der Waals surface area contributed by atoms with Crippen LogP contribution in [-0.4, -0.2) is 43.6 Å². The third-order valence-electron chi connectivity index (χ3n) is 3.56. The second-order valence-electron chi connectivity index (χ2n) is 5.51. The summed E-state index contributed by atoms with van der Waals surface area (Å²) in [5, 5.41) is 10.8. The summed E-state index contributed by atoms with van der Waals surface area (Å²) in [6, 6.07) is 5.09. The monoisotopic (exact) mass is 346 g/mol. The Kier molecular flexibility index (Phi) is 5.99. The van der Waals surface area contributed by atoms with Crippen LogP contribution >= 0.6 is 0 Å². The predicted octanol–water partition coefficient (Wildman–Crippen LogP) is 2.32. The number of ether oxygens (including phenoxy) is 3. The Balaban J connectivity index is 2.14. The second-order valence-corrected chi connectivity index (χ2v) is 5.51. The van der Waals surface area contributed by atoms with Gasteiger partial charge < -0.3 is 14.2 Å². The lowest BCUT2D eigenvalue weighted by molar-refractivity contribution is 0.0950. The van der Waals surface area contributed by atoms with Gasteiger partial charge in [-0.15, -0.1) is 0 Å². The van der Waals surface area contributed by atoms with E-state index in [1.54, 1.807) is 25.3 Å². The molecule has 0 atom stereocenters. The lowest BCUT2D eigenvalue weighted by atomic mass is 10.1. The van der Waals surface area contributed by atoms with Crippen LogP contribution in [0.3, 0.4) is 0 Å². The van der Waals surface area contributed by atoms with Crippen LogP contribution in [0, 0.1) is 0 Å². The maximum Gasteiger partial charge on any atom is 0.291 e. The van der Waals surface area contributed by atoms with Crippen LogP contribution < -0.4 is 19.6 Å². The summed E-state index contributed by atoms with van der Waals surface area (Å²) >= 11 is 0. The zero-order valence-corrected chi connectivity index (χ0v) is 14.9. The Morgan fingerprint density at radius 3 is 2.32 bits per heavy atom. The highest BCUT2D eigenvalue weighted by Crippen LogP contribution is 2.33. The molecule has 0 aliphatic heterocycles. The van der Waals surface area contributed by atoms with Crippen molar-refractivity contribution in [2.75, 3.05) is 21.3 Å². The van der Waals surface area contributed by atoms with E-state index < -0.39 is 5.91 Å². The fraction of sp³-hybridized carbons (Fsp3) is 0.353. The van der Waals surface area contributed by atoms with Gasteiger partial charge in [-0.1, -0.05) is 13.8 Å². The van der Waals surface area contributed by atoms with Crippen LogP contribution in [0.1, 0.15) is 41.5 Å². The number of hydrogen-bond donors (Lipinski definition) is 2. The number of nitrogens with one attached hydrogen (secondary N) is 2. The molecule has 8 nitrogen and oxygen atoms in total. The maximum absolute atomic E-state index is 12.1. The molecule has 2 aromatic rings. The molecule has 1 amide bonds. The number of amides is 1. The van der Waals surface area contributed by atoms with E-state index in [4.69, 9.17) is 14.2 Å². The van der Waals surface area contributed by atoms with E-state index in [1.807, 2.05) is 13.8 Å². The minimum atomic E-state index is -0.404. The normalized spacial score (nSPS) is 11.0. The highest BCUT2D eigenvalue weighted by atomic mass is 16.5. The van der Waals surface area contributed by atoms with Crippen molar-refractivity contribution in [1.29, 1.82) is 0 Å². The number of carbonyl (C=O) groups is 1. The van der Waals surface area contributed by atoms with Gasteiger partial charge in [0, 0.05) is 17.3 Å². The number of aromatic nitrogens is 2. The molecular weight excluding hydrogens is 324 g/mol. The van der Waals surface area contributed by atoms with Crippen LogP contribution in [0.5, 0.6) is 17.2 Å². The van der Waals surface area contributed by atoms with Gasteiger partial charge in [0.25, 0.3) is 5.91 Å². The van der Waals surface area contributed by atoms with Gasteiger partial charge >= 0.3 is 0 Å². The van der Waals surface area contributed by atoms with E-state index in [-0.39, 0.29) is 11.6 Å². The summed E-state index contributed by atoms with van der Waals surface area (Å²) in [6.45, 7) is 4.02. The molecule has 0 saturated carbocycles. The first-order valence-corrected chi connectivity index (χ1v) is 7.68. The number of methoxy groups -OCH3 is 3. The van der Waals surface area contributed by atoms with Crippen LogP contribution in [0.4, 0.5) is 0 Å². The molecule has 25 heavy (non-hydrogen) atoms. The zero-order valence-electron chi connectivity index (χ0n) is 14.9. The van der Waals surface area contributed by atoms with Gasteiger partial charge in [-0.3, -0.25) is 9.89 Å². The van der Waals surface area contributed by atoms with Crippen molar-refractivity contribution in [2.24, 2.45) is 5.10 Å². The number of carbonyl (C=O) groups excluding carboxylic acids is 1. The summed E-state index contributed by atoms with van der Waals surface area (Å²) in [7, 11) is 4.62. The Morgan fingerprint density at radius 1 is 1.12 bits per heavy atom. The minimum absolute atomic E-state index is 0.258. The van der Waals surface area contributed by atoms with Crippen molar-refractivity contribution >= 4 is 12.1 Å². The molecule has 0 aliphatic rings. The fourth-order valence-electron chi connectivity index (χ4n) is 2.12. The minimum Gasteiger partial charge on any atom is -0.496 e. The molecular formula is C17H22N4O4. The SMILES string of the molecule is COc1cc(OC)c(OC)cc1/C=N/NC(=O)c1cc(C(C)C)[nH]n1. The van der Waals surface area contributed by atoms with Gasteiger partial charge in [0.2, 0.25) is 0 Å². The molecule has 1 heterocycles. The molecule has 2 rings (SSSR count). The van der Waals surface area contributed by atoms with Crippen molar-refractivity contribution < 1.29 is 19.0 Å². The number of hydrogen-bond acceptors (Lipinski definition) is 6. The molecule has 134 valence electrons. The van der Waals surface area contributed by atoms with E-state index in [0.717, 1.165) is 5.69 Å². The number of hydrazone groups is 1. The average Bonchev–Trinajstić information content (AvgIpc) is 3.11.